The first-order valence-corrected chi connectivity index (χ1v) is 7.45. The summed E-state index contributed by atoms with van der Waals surface area (Å²) >= 11 is 0. The van der Waals surface area contributed by atoms with E-state index in [1.54, 1.807) is 0 Å². The molecule has 1 amide bonds. The number of amides is 1. The number of carboxylic acids is 1. The van der Waals surface area contributed by atoms with Crippen LogP contribution in [0, 0.1) is 17.8 Å². The lowest BCUT2D eigenvalue weighted by Crippen LogP contribution is -2.46. The predicted molar refractivity (Wildman–Crippen MR) is 74.8 cm³/mol. The van der Waals surface area contributed by atoms with Crippen molar-refractivity contribution < 1.29 is 14.7 Å². The standard InChI is InChI=1S/C15H27NO3/c1-10(2)13(15(18)19)16-14(17)11(3)9-12-7-5-4-6-8-12/h10-13H,4-9H2,1-3H3,(H,16,17)(H,18,19). The molecule has 2 N–H and O–H groups in total. The quantitative estimate of drug-likeness (QED) is 0.779. The SMILES string of the molecule is CC(CC1CCCCC1)C(=O)NC(C(=O)O)C(C)C. The highest BCUT2D eigenvalue weighted by Crippen LogP contribution is 2.29. The summed E-state index contributed by atoms with van der Waals surface area (Å²) in [5, 5.41) is 11.7. The van der Waals surface area contributed by atoms with Crippen LogP contribution in [0.3, 0.4) is 0 Å². The fourth-order valence-corrected chi connectivity index (χ4v) is 2.84. The van der Waals surface area contributed by atoms with Gasteiger partial charge in [-0.25, -0.2) is 4.79 Å². The van der Waals surface area contributed by atoms with Crippen LogP contribution in [0.15, 0.2) is 0 Å². The van der Waals surface area contributed by atoms with Gasteiger partial charge < -0.3 is 10.4 Å². The monoisotopic (exact) mass is 269 g/mol. The zero-order valence-electron chi connectivity index (χ0n) is 12.3. The summed E-state index contributed by atoms with van der Waals surface area (Å²) in [6.07, 6.45) is 7.15. The lowest BCUT2D eigenvalue weighted by Gasteiger charge is -2.25. The molecule has 19 heavy (non-hydrogen) atoms. The highest BCUT2D eigenvalue weighted by Gasteiger charge is 2.27. The molecule has 0 spiro atoms. The van der Waals surface area contributed by atoms with Gasteiger partial charge in [0.2, 0.25) is 5.91 Å². The number of aliphatic carboxylic acids is 1. The molecule has 1 aliphatic rings. The second-order valence-corrected chi connectivity index (χ2v) is 6.21. The van der Waals surface area contributed by atoms with Gasteiger partial charge in [-0.2, -0.15) is 0 Å². The van der Waals surface area contributed by atoms with E-state index < -0.39 is 12.0 Å². The van der Waals surface area contributed by atoms with E-state index in [1.165, 1.54) is 32.1 Å². The van der Waals surface area contributed by atoms with E-state index in [0.29, 0.717) is 5.92 Å². The highest BCUT2D eigenvalue weighted by molar-refractivity contribution is 5.84. The van der Waals surface area contributed by atoms with Crippen molar-refractivity contribution in [3.05, 3.63) is 0 Å². The molecule has 2 unspecified atom stereocenters. The molecule has 0 saturated heterocycles. The Balaban J connectivity index is 2.44. The van der Waals surface area contributed by atoms with Gasteiger partial charge in [-0.3, -0.25) is 4.79 Å². The van der Waals surface area contributed by atoms with Crippen molar-refractivity contribution in [2.75, 3.05) is 0 Å². The minimum absolute atomic E-state index is 0.0938. The van der Waals surface area contributed by atoms with Gasteiger partial charge in [0.25, 0.3) is 0 Å². The zero-order chi connectivity index (χ0) is 14.4. The minimum atomic E-state index is -0.951. The zero-order valence-corrected chi connectivity index (χ0v) is 12.3. The summed E-state index contributed by atoms with van der Waals surface area (Å²) in [6, 6.07) is -0.777. The van der Waals surface area contributed by atoms with Crippen LogP contribution in [0.4, 0.5) is 0 Å². The predicted octanol–water partition coefficient (Wildman–Crippen LogP) is 2.82. The van der Waals surface area contributed by atoms with Gasteiger partial charge >= 0.3 is 5.97 Å². The number of hydrogen-bond donors (Lipinski definition) is 2. The second kappa shape index (κ2) is 7.51. The van der Waals surface area contributed by atoms with E-state index in [-0.39, 0.29) is 17.7 Å². The molecule has 1 fully saturated rings. The number of hydrogen-bond acceptors (Lipinski definition) is 2. The van der Waals surface area contributed by atoms with Gasteiger partial charge in [0, 0.05) is 5.92 Å². The first kappa shape index (κ1) is 16.0. The van der Waals surface area contributed by atoms with Crippen LogP contribution < -0.4 is 5.32 Å². The molecule has 1 aliphatic carbocycles. The van der Waals surface area contributed by atoms with Crippen LogP contribution in [-0.2, 0) is 9.59 Å². The number of rotatable bonds is 6. The summed E-state index contributed by atoms with van der Waals surface area (Å²) in [5.74, 6) is -0.622. The lowest BCUT2D eigenvalue weighted by atomic mass is 9.83. The van der Waals surface area contributed by atoms with Crippen molar-refractivity contribution in [3.8, 4) is 0 Å². The maximum absolute atomic E-state index is 12.1. The average Bonchev–Trinajstić information content (AvgIpc) is 2.35. The van der Waals surface area contributed by atoms with Crippen molar-refractivity contribution >= 4 is 11.9 Å². The molecule has 0 bridgehead atoms. The van der Waals surface area contributed by atoms with Gasteiger partial charge in [-0.1, -0.05) is 52.9 Å². The molecule has 4 nitrogen and oxygen atoms in total. The third-order valence-corrected chi connectivity index (χ3v) is 4.09. The number of carbonyl (C=O) groups excluding carboxylic acids is 1. The fourth-order valence-electron chi connectivity index (χ4n) is 2.84. The smallest absolute Gasteiger partial charge is 0.326 e. The van der Waals surface area contributed by atoms with E-state index in [9.17, 15) is 9.59 Å². The van der Waals surface area contributed by atoms with Gasteiger partial charge in [-0.05, 0) is 18.3 Å². The minimum Gasteiger partial charge on any atom is -0.480 e. The van der Waals surface area contributed by atoms with E-state index in [4.69, 9.17) is 5.11 Å². The summed E-state index contributed by atoms with van der Waals surface area (Å²) in [5.41, 5.74) is 0. The van der Waals surface area contributed by atoms with Gasteiger partial charge in [0.1, 0.15) is 6.04 Å². The van der Waals surface area contributed by atoms with Crippen molar-refractivity contribution in [3.63, 3.8) is 0 Å². The maximum atomic E-state index is 12.1. The molecule has 0 radical (unpaired) electrons. The summed E-state index contributed by atoms with van der Waals surface area (Å²) in [6.45, 7) is 5.53. The first-order valence-electron chi connectivity index (χ1n) is 7.45. The first-order chi connectivity index (χ1) is 8.91. The lowest BCUT2D eigenvalue weighted by molar-refractivity contribution is -0.143. The number of carbonyl (C=O) groups is 2. The Morgan fingerprint density at radius 2 is 1.74 bits per heavy atom. The molecular formula is C15H27NO3. The molecule has 2 atom stereocenters. The van der Waals surface area contributed by atoms with Gasteiger partial charge in [0.15, 0.2) is 0 Å². The molecule has 4 heteroatoms. The van der Waals surface area contributed by atoms with Crippen LogP contribution >= 0.6 is 0 Å². The molecule has 110 valence electrons. The largest absolute Gasteiger partial charge is 0.480 e. The molecule has 1 saturated carbocycles. The molecule has 0 aromatic rings. The molecule has 0 aliphatic heterocycles. The Labute approximate surface area is 116 Å². The fraction of sp³-hybridized carbons (Fsp3) is 0.867. The highest BCUT2D eigenvalue weighted by atomic mass is 16.4. The molecule has 0 aromatic carbocycles. The van der Waals surface area contributed by atoms with E-state index >= 15 is 0 Å². The van der Waals surface area contributed by atoms with Crippen molar-refractivity contribution in [1.82, 2.24) is 5.32 Å². The summed E-state index contributed by atoms with van der Waals surface area (Å²) in [7, 11) is 0. The number of nitrogens with one attached hydrogen (secondary N) is 1. The summed E-state index contributed by atoms with van der Waals surface area (Å²) in [4.78, 5) is 23.1. The van der Waals surface area contributed by atoms with Crippen LogP contribution in [-0.4, -0.2) is 23.0 Å². The third kappa shape index (κ3) is 5.21. The Morgan fingerprint density at radius 1 is 1.16 bits per heavy atom. The second-order valence-electron chi connectivity index (χ2n) is 6.21. The molecule has 1 rings (SSSR count). The van der Waals surface area contributed by atoms with Crippen molar-refractivity contribution in [2.45, 2.75) is 65.3 Å². The molecular weight excluding hydrogens is 242 g/mol. The van der Waals surface area contributed by atoms with Crippen LogP contribution in [0.25, 0.3) is 0 Å². The molecule has 0 aromatic heterocycles. The van der Waals surface area contributed by atoms with Crippen molar-refractivity contribution in [1.29, 1.82) is 0 Å². The van der Waals surface area contributed by atoms with E-state index in [1.807, 2.05) is 20.8 Å². The third-order valence-electron chi connectivity index (χ3n) is 4.09. The van der Waals surface area contributed by atoms with E-state index in [0.717, 1.165) is 6.42 Å². The van der Waals surface area contributed by atoms with Crippen LogP contribution in [0.1, 0.15) is 59.3 Å². The van der Waals surface area contributed by atoms with E-state index in [2.05, 4.69) is 5.32 Å². The Kier molecular flexibility index (Phi) is 6.32. The Bertz CT molecular complexity index is 309. The normalized spacial score (nSPS) is 20.0. The number of carboxylic acid groups (broad SMARTS) is 1. The Morgan fingerprint density at radius 3 is 2.21 bits per heavy atom. The topological polar surface area (TPSA) is 66.4 Å². The average molecular weight is 269 g/mol. The van der Waals surface area contributed by atoms with Crippen LogP contribution in [0.5, 0.6) is 0 Å². The Hall–Kier alpha value is -1.06. The van der Waals surface area contributed by atoms with Gasteiger partial charge in [-0.15, -0.1) is 0 Å². The maximum Gasteiger partial charge on any atom is 0.326 e. The summed E-state index contributed by atoms with van der Waals surface area (Å²) < 4.78 is 0. The van der Waals surface area contributed by atoms with Crippen molar-refractivity contribution in [2.24, 2.45) is 17.8 Å². The van der Waals surface area contributed by atoms with Gasteiger partial charge in [0.05, 0.1) is 0 Å². The molecule has 0 heterocycles. The van der Waals surface area contributed by atoms with Crippen LogP contribution in [0.2, 0.25) is 0 Å².